The topological polar surface area (TPSA) is 83.7 Å². The lowest BCUT2D eigenvalue weighted by atomic mass is 10.1. The number of hydrogen-bond donors (Lipinski definition) is 1. The summed E-state index contributed by atoms with van der Waals surface area (Å²) in [5, 5.41) is 5.65. The van der Waals surface area contributed by atoms with Crippen LogP contribution in [0.5, 0.6) is 0 Å². The van der Waals surface area contributed by atoms with E-state index in [1.807, 2.05) is 25.1 Å². The van der Waals surface area contributed by atoms with Gasteiger partial charge in [-0.25, -0.2) is 17.9 Å². The number of carbonyl (C=O) groups is 1. The Bertz CT molecular complexity index is 989. The molecule has 1 fully saturated rings. The Morgan fingerprint density at radius 3 is 2.41 bits per heavy atom. The zero-order chi connectivity index (χ0) is 19.8. The number of hydrogen-bond acceptors (Lipinski definition) is 4. The smallest absolute Gasteiger partial charge is 0.254 e. The van der Waals surface area contributed by atoms with Crippen molar-refractivity contribution in [1.82, 2.24) is 4.90 Å². The summed E-state index contributed by atoms with van der Waals surface area (Å²) in [6.45, 7) is 4.11. The predicted octanol–water partition coefficient (Wildman–Crippen LogP) is 2.40. The molecule has 0 unspecified atom stereocenters. The van der Waals surface area contributed by atoms with Crippen molar-refractivity contribution in [2.75, 3.05) is 31.1 Å². The minimum absolute atomic E-state index is 0.0906. The van der Waals surface area contributed by atoms with Crippen LogP contribution in [-0.4, -0.2) is 45.4 Å². The number of primary sulfonamides is 1. The zero-order valence-corrected chi connectivity index (χ0v) is 16.2. The van der Waals surface area contributed by atoms with E-state index in [4.69, 9.17) is 16.7 Å². The Morgan fingerprint density at radius 2 is 1.78 bits per heavy atom. The third-order valence-electron chi connectivity index (χ3n) is 4.56. The van der Waals surface area contributed by atoms with Gasteiger partial charge in [-0.15, -0.1) is 0 Å². The van der Waals surface area contributed by atoms with E-state index in [1.165, 1.54) is 6.07 Å². The van der Waals surface area contributed by atoms with Crippen LogP contribution in [-0.2, 0) is 10.0 Å². The number of benzene rings is 2. The highest BCUT2D eigenvalue weighted by Crippen LogP contribution is 2.26. The van der Waals surface area contributed by atoms with Gasteiger partial charge in [-0.1, -0.05) is 17.7 Å². The second-order valence-corrected chi connectivity index (χ2v) is 8.37. The number of piperazine rings is 1. The van der Waals surface area contributed by atoms with Crippen LogP contribution in [0.15, 0.2) is 41.3 Å². The normalized spacial score (nSPS) is 15.1. The highest BCUT2D eigenvalue weighted by Gasteiger charge is 2.25. The van der Waals surface area contributed by atoms with Gasteiger partial charge in [-0.2, -0.15) is 0 Å². The molecule has 9 heteroatoms. The number of amides is 1. The Hall–Kier alpha value is -2.16. The molecule has 0 radical (unpaired) electrons. The van der Waals surface area contributed by atoms with Gasteiger partial charge in [-0.3, -0.25) is 4.79 Å². The van der Waals surface area contributed by atoms with E-state index in [1.54, 1.807) is 4.90 Å². The number of aryl methyl sites for hydroxylation is 1. The summed E-state index contributed by atoms with van der Waals surface area (Å²) in [6.07, 6.45) is 0. The fourth-order valence-electron chi connectivity index (χ4n) is 3.11. The molecular formula is C18H19ClFN3O3S. The van der Waals surface area contributed by atoms with E-state index in [9.17, 15) is 17.6 Å². The van der Waals surface area contributed by atoms with Crippen molar-refractivity contribution in [3.63, 3.8) is 0 Å². The van der Waals surface area contributed by atoms with E-state index < -0.39 is 20.7 Å². The van der Waals surface area contributed by atoms with Gasteiger partial charge in [0, 0.05) is 42.5 Å². The van der Waals surface area contributed by atoms with Crippen molar-refractivity contribution in [3.05, 3.63) is 58.4 Å². The van der Waals surface area contributed by atoms with E-state index in [0.29, 0.717) is 31.2 Å². The van der Waals surface area contributed by atoms with Gasteiger partial charge in [-0.05, 0) is 42.8 Å². The molecule has 1 amide bonds. The summed E-state index contributed by atoms with van der Waals surface area (Å²) in [5.74, 6) is -1.34. The number of nitrogens with two attached hydrogens (primary N) is 1. The zero-order valence-electron chi connectivity index (χ0n) is 14.7. The maximum absolute atomic E-state index is 13.7. The lowest BCUT2D eigenvalue weighted by molar-refractivity contribution is 0.0746. The highest BCUT2D eigenvalue weighted by atomic mass is 35.5. The van der Waals surface area contributed by atoms with Crippen LogP contribution in [0.2, 0.25) is 5.02 Å². The number of halogens is 2. The number of carbonyl (C=O) groups excluding carboxylic acids is 1. The first-order valence-corrected chi connectivity index (χ1v) is 10.2. The molecule has 0 aromatic heterocycles. The van der Waals surface area contributed by atoms with E-state index in [0.717, 1.165) is 23.4 Å². The predicted molar refractivity (Wildman–Crippen MR) is 102 cm³/mol. The molecule has 3 rings (SSSR count). The van der Waals surface area contributed by atoms with Crippen LogP contribution in [0.3, 0.4) is 0 Å². The first kappa shape index (κ1) is 19.6. The summed E-state index contributed by atoms with van der Waals surface area (Å²) in [6, 6.07) is 8.87. The third kappa shape index (κ3) is 4.23. The third-order valence-corrected chi connectivity index (χ3v) is 5.72. The van der Waals surface area contributed by atoms with Crippen LogP contribution in [0, 0.1) is 12.7 Å². The summed E-state index contributed by atoms with van der Waals surface area (Å²) in [7, 11) is -4.24. The molecule has 0 aliphatic carbocycles. The minimum Gasteiger partial charge on any atom is -0.368 e. The largest absolute Gasteiger partial charge is 0.368 e. The average molecular weight is 412 g/mol. The quantitative estimate of drug-likeness (QED) is 0.840. The lowest BCUT2D eigenvalue weighted by Gasteiger charge is -2.37. The molecule has 2 aromatic rings. The molecule has 0 saturated carbocycles. The molecule has 6 nitrogen and oxygen atoms in total. The van der Waals surface area contributed by atoms with Gasteiger partial charge in [0.1, 0.15) is 10.7 Å². The van der Waals surface area contributed by atoms with Crippen molar-refractivity contribution < 1.29 is 17.6 Å². The van der Waals surface area contributed by atoms with Crippen LogP contribution in [0.4, 0.5) is 10.1 Å². The molecule has 144 valence electrons. The fraction of sp³-hybridized carbons (Fsp3) is 0.278. The molecule has 2 N–H and O–H groups in total. The summed E-state index contributed by atoms with van der Waals surface area (Å²) >= 11 is 6.08. The van der Waals surface area contributed by atoms with E-state index in [-0.39, 0.29) is 11.5 Å². The van der Waals surface area contributed by atoms with Crippen molar-refractivity contribution in [3.8, 4) is 0 Å². The van der Waals surface area contributed by atoms with Crippen LogP contribution in [0.1, 0.15) is 15.9 Å². The highest BCUT2D eigenvalue weighted by molar-refractivity contribution is 7.89. The number of nitrogens with zero attached hydrogens (tertiary/aromatic N) is 2. The molecule has 0 atom stereocenters. The maximum Gasteiger partial charge on any atom is 0.254 e. The van der Waals surface area contributed by atoms with Crippen molar-refractivity contribution in [2.24, 2.45) is 5.14 Å². The molecule has 0 spiro atoms. The van der Waals surface area contributed by atoms with Gasteiger partial charge in [0.05, 0.1) is 0 Å². The molecule has 1 aliphatic rings. The van der Waals surface area contributed by atoms with Crippen molar-refractivity contribution >= 4 is 33.2 Å². The van der Waals surface area contributed by atoms with Gasteiger partial charge in [0.25, 0.3) is 5.91 Å². The van der Waals surface area contributed by atoms with Gasteiger partial charge in [0.2, 0.25) is 10.0 Å². The van der Waals surface area contributed by atoms with Crippen molar-refractivity contribution in [2.45, 2.75) is 11.8 Å². The first-order valence-electron chi connectivity index (χ1n) is 8.29. The first-order chi connectivity index (χ1) is 12.7. The van der Waals surface area contributed by atoms with Crippen LogP contribution >= 0.6 is 11.6 Å². The minimum atomic E-state index is -4.24. The Labute approximate surface area is 162 Å². The van der Waals surface area contributed by atoms with Gasteiger partial charge >= 0.3 is 0 Å². The average Bonchev–Trinajstić information content (AvgIpc) is 2.63. The monoisotopic (exact) mass is 411 g/mol. The number of rotatable bonds is 3. The number of sulfonamides is 1. The SMILES string of the molecule is Cc1ccc(Cl)cc1N1CCN(C(=O)c2ccc(F)c(S(N)(=O)=O)c2)CC1. The second-order valence-electron chi connectivity index (χ2n) is 6.40. The molecule has 2 aromatic carbocycles. The maximum atomic E-state index is 13.7. The van der Waals surface area contributed by atoms with Gasteiger partial charge < -0.3 is 9.80 Å². The summed E-state index contributed by atoms with van der Waals surface area (Å²) in [4.78, 5) is 15.8. The Kier molecular flexibility index (Phi) is 5.41. The molecule has 0 bridgehead atoms. The van der Waals surface area contributed by atoms with Crippen molar-refractivity contribution in [1.29, 1.82) is 0 Å². The van der Waals surface area contributed by atoms with Gasteiger partial charge in [0.15, 0.2) is 0 Å². The molecule has 1 heterocycles. The van der Waals surface area contributed by atoms with E-state index in [2.05, 4.69) is 4.90 Å². The molecular weight excluding hydrogens is 393 g/mol. The summed E-state index contributed by atoms with van der Waals surface area (Å²) in [5.41, 5.74) is 2.20. The van der Waals surface area contributed by atoms with Crippen LogP contribution < -0.4 is 10.0 Å². The standard InChI is InChI=1S/C18H19ClFN3O3S/c1-12-2-4-14(19)11-16(12)22-6-8-23(9-7-22)18(24)13-3-5-15(20)17(10-13)27(21,25)26/h2-5,10-11H,6-9H2,1H3,(H2,21,25,26). The fourth-order valence-corrected chi connectivity index (χ4v) is 3.91. The lowest BCUT2D eigenvalue weighted by Crippen LogP contribution is -2.49. The van der Waals surface area contributed by atoms with Crippen LogP contribution in [0.25, 0.3) is 0 Å². The van der Waals surface area contributed by atoms with E-state index >= 15 is 0 Å². The molecule has 1 saturated heterocycles. The number of anilines is 1. The summed E-state index contributed by atoms with van der Waals surface area (Å²) < 4.78 is 36.6. The molecule has 27 heavy (non-hydrogen) atoms. The Morgan fingerprint density at radius 1 is 1.11 bits per heavy atom. The Balaban J connectivity index is 1.75. The second kappa shape index (κ2) is 7.46. The molecule has 1 aliphatic heterocycles.